The first kappa shape index (κ1) is 17.1. The van der Waals surface area contributed by atoms with Crippen molar-refractivity contribution in [3.05, 3.63) is 0 Å². The molecule has 0 atom stereocenters. The second-order valence-electron chi connectivity index (χ2n) is 4.87. The van der Waals surface area contributed by atoms with E-state index < -0.39 is 5.97 Å². The number of nitrogens with zero attached hydrogens (tertiary/aromatic N) is 1. The lowest BCUT2D eigenvalue weighted by Crippen LogP contribution is -1.94. The van der Waals surface area contributed by atoms with Crippen molar-refractivity contribution in [2.75, 3.05) is 6.54 Å². The summed E-state index contributed by atoms with van der Waals surface area (Å²) in [6, 6.07) is 0. The van der Waals surface area contributed by atoms with Crippen LogP contribution in [0.4, 0.5) is 0 Å². The van der Waals surface area contributed by atoms with Crippen LogP contribution in [0.1, 0.15) is 77.6 Å². The fourth-order valence-corrected chi connectivity index (χ4v) is 1.92. The lowest BCUT2D eigenvalue weighted by atomic mass is 10.1. The van der Waals surface area contributed by atoms with Crippen molar-refractivity contribution < 1.29 is 9.90 Å². The number of carboxylic acids is 1. The molecule has 0 aliphatic heterocycles. The van der Waals surface area contributed by atoms with Gasteiger partial charge in [0.25, 0.3) is 0 Å². The van der Waals surface area contributed by atoms with Gasteiger partial charge in [0.2, 0.25) is 0 Å². The number of unbranched alkanes of at least 4 members (excludes halogenated alkanes) is 9. The quantitative estimate of drug-likeness (QED) is 0.390. The van der Waals surface area contributed by atoms with Crippen LogP contribution in [-0.4, -0.2) is 23.8 Å². The van der Waals surface area contributed by atoms with Crippen molar-refractivity contribution >= 4 is 12.2 Å². The summed E-state index contributed by atoms with van der Waals surface area (Å²) in [5.74, 6) is -0.804. The zero-order valence-corrected chi connectivity index (χ0v) is 11.9. The molecule has 106 valence electrons. The van der Waals surface area contributed by atoms with Gasteiger partial charge in [-0.15, -0.1) is 0 Å². The normalized spacial score (nSPS) is 11.2. The molecule has 3 nitrogen and oxygen atoms in total. The third-order valence-electron chi connectivity index (χ3n) is 3.04. The smallest absolute Gasteiger partial charge is 0.308 e. The van der Waals surface area contributed by atoms with Crippen LogP contribution in [0.3, 0.4) is 0 Å². The first-order chi connectivity index (χ1) is 8.77. The summed E-state index contributed by atoms with van der Waals surface area (Å²) in [6.45, 7) is 3.03. The van der Waals surface area contributed by atoms with E-state index in [1.165, 1.54) is 64.0 Å². The van der Waals surface area contributed by atoms with Crippen LogP contribution in [-0.2, 0) is 4.79 Å². The third kappa shape index (κ3) is 15.1. The molecule has 1 N–H and O–H groups in total. The van der Waals surface area contributed by atoms with Gasteiger partial charge in [-0.25, -0.2) is 0 Å². The van der Waals surface area contributed by atoms with Gasteiger partial charge < -0.3 is 5.11 Å². The molecule has 0 unspecified atom stereocenters. The number of hydrogen-bond donors (Lipinski definition) is 1. The largest absolute Gasteiger partial charge is 0.481 e. The maximum atomic E-state index is 10.2. The first-order valence-electron chi connectivity index (χ1n) is 7.47. The van der Waals surface area contributed by atoms with Gasteiger partial charge >= 0.3 is 5.97 Å². The van der Waals surface area contributed by atoms with Crippen LogP contribution in [0.15, 0.2) is 4.99 Å². The van der Waals surface area contributed by atoms with Crippen molar-refractivity contribution in [2.45, 2.75) is 77.6 Å². The van der Waals surface area contributed by atoms with Gasteiger partial charge in [0.05, 0.1) is 6.42 Å². The molecule has 0 saturated heterocycles. The molecule has 0 bridgehead atoms. The summed E-state index contributed by atoms with van der Waals surface area (Å²) >= 11 is 0. The molecular formula is C15H29NO2. The Hall–Kier alpha value is -0.860. The van der Waals surface area contributed by atoms with Crippen LogP contribution in [0.5, 0.6) is 0 Å². The summed E-state index contributed by atoms with van der Waals surface area (Å²) < 4.78 is 0. The van der Waals surface area contributed by atoms with E-state index in [4.69, 9.17) is 5.11 Å². The van der Waals surface area contributed by atoms with Crippen LogP contribution >= 0.6 is 0 Å². The van der Waals surface area contributed by atoms with Gasteiger partial charge in [0.1, 0.15) is 0 Å². The second kappa shape index (κ2) is 14.2. The number of rotatable bonds is 13. The molecule has 0 radical (unpaired) electrons. The van der Waals surface area contributed by atoms with Crippen LogP contribution in [0.25, 0.3) is 0 Å². The molecular weight excluding hydrogens is 226 g/mol. The monoisotopic (exact) mass is 255 g/mol. The zero-order chi connectivity index (χ0) is 13.5. The lowest BCUT2D eigenvalue weighted by molar-refractivity contribution is -0.135. The molecule has 0 heterocycles. The van der Waals surface area contributed by atoms with Gasteiger partial charge in [-0.3, -0.25) is 9.79 Å². The first-order valence-corrected chi connectivity index (χ1v) is 7.47. The Bertz CT molecular complexity index is 215. The summed E-state index contributed by atoms with van der Waals surface area (Å²) in [5.41, 5.74) is 0. The summed E-state index contributed by atoms with van der Waals surface area (Å²) in [4.78, 5) is 14.3. The lowest BCUT2D eigenvalue weighted by Gasteiger charge is -2.01. The van der Waals surface area contributed by atoms with Gasteiger partial charge in [0, 0.05) is 12.8 Å². The molecule has 18 heavy (non-hydrogen) atoms. The molecule has 0 fully saturated rings. The molecule has 3 heteroatoms. The minimum Gasteiger partial charge on any atom is -0.481 e. The summed E-state index contributed by atoms with van der Waals surface area (Å²) in [6.07, 6.45) is 14.8. The highest BCUT2D eigenvalue weighted by atomic mass is 16.4. The van der Waals surface area contributed by atoms with Crippen LogP contribution in [0.2, 0.25) is 0 Å². The minimum atomic E-state index is -0.804. The highest BCUT2D eigenvalue weighted by Crippen LogP contribution is 2.10. The Kier molecular flexibility index (Phi) is 13.5. The number of hydrogen-bond acceptors (Lipinski definition) is 2. The second-order valence-corrected chi connectivity index (χ2v) is 4.87. The molecule has 0 spiro atoms. The van der Waals surface area contributed by atoms with E-state index >= 15 is 0 Å². The summed E-state index contributed by atoms with van der Waals surface area (Å²) in [7, 11) is 0. The Labute approximate surface area is 112 Å². The Morgan fingerprint density at radius 2 is 1.44 bits per heavy atom. The molecule has 0 saturated carbocycles. The van der Waals surface area contributed by atoms with Gasteiger partial charge in [-0.1, -0.05) is 64.7 Å². The maximum Gasteiger partial charge on any atom is 0.308 e. The molecule has 0 aromatic heterocycles. The van der Waals surface area contributed by atoms with E-state index in [1.807, 2.05) is 0 Å². The average molecular weight is 255 g/mol. The van der Waals surface area contributed by atoms with Gasteiger partial charge in [-0.05, 0) is 6.42 Å². The van der Waals surface area contributed by atoms with E-state index in [0.29, 0.717) is 0 Å². The molecule has 0 aliphatic carbocycles. The van der Waals surface area contributed by atoms with Crippen molar-refractivity contribution in [3.8, 4) is 0 Å². The number of aliphatic imine (C=N–C) groups is 1. The summed E-state index contributed by atoms with van der Waals surface area (Å²) in [5, 5.41) is 8.40. The molecule has 0 aliphatic rings. The van der Waals surface area contributed by atoms with Crippen molar-refractivity contribution in [2.24, 2.45) is 4.99 Å². The molecule has 0 aromatic carbocycles. The molecule has 0 aromatic rings. The topological polar surface area (TPSA) is 49.7 Å². The molecule has 0 amide bonds. The minimum absolute atomic E-state index is 0.0533. The van der Waals surface area contributed by atoms with E-state index in [2.05, 4.69) is 11.9 Å². The average Bonchev–Trinajstić information content (AvgIpc) is 2.34. The standard InChI is InChI=1S/C15H29NO2/c1-2-3-4-5-6-7-8-9-10-11-13-16-14-12-15(17)18/h14H,2-13H2,1H3,(H,17,18). The highest BCUT2D eigenvalue weighted by Gasteiger charge is 1.92. The Morgan fingerprint density at radius 1 is 0.944 bits per heavy atom. The highest BCUT2D eigenvalue weighted by molar-refractivity contribution is 5.84. The van der Waals surface area contributed by atoms with Crippen LogP contribution < -0.4 is 0 Å². The van der Waals surface area contributed by atoms with E-state index in [-0.39, 0.29) is 6.42 Å². The third-order valence-corrected chi connectivity index (χ3v) is 3.04. The SMILES string of the molecule is CCCCCCCCCCCCN=CCC(=O)O. The van der Waals surface area contributed by atoms with E-state index in [9.17, 15) is 4.79 Å². The number of carbonyl (C=O) groups is 1. The van der Waals surface area contributed by atoms with Gasteiger partial charge in [0.15, 0.2) is 0 Å². The fourth-order valence-electron chi connectivity index (χ4n) is 1.92. The van der Waals surface area contributed by atoms with Gasteiger partial charge in [-0.2, -0.15) is 0 Å². The predicted octanol–water partition coefficient (Wildman–Crippen LogP) is 4.45. The number of aliphatic carboxylic acids is 1. The van der Waals surface area contributed by atoms with Crippen LogP contribution in [0, 0.1) is 0 Å². The van der Waals surface area contributed by atoms with E-state index in [0.717, 1.165) is 13.0 Å². The Balaban J connectivity index is 3.03. The molecule has 0 rings (SSSR count). The van der Waals surface area contributed by atoms with E-state index in [1.54, 1.807) is 0 Å². The number of carboxylic acid groups (broad SMARTS) is 1. The predicted molar refractivity (Wildman–Crippen MR) is 77.5 cm³/mol. The Morgan fingerprint density at radius 3 is 1.94 bits per heavy atom. The fraction of sp³-hybridized carbons (Fsp3) is 0.867. The van der Waals surface area contributed by atoms with Crippen molar-refractivity contribution in [3.63, 3.8) is 0 Å². The zero-order valence-electron chi connectivity index (χ0n) is 11.9. The maximum absolute atomic E-state index is 10.2. The van der Waals surface area contributed by atoms with Crippen molar-refractivity contribution in [1.82, 2.24) is 0 Å². The van der Waals surface area contributed by atoms with Crippen molar-refractivity contribution in [1.29, 1.82) is 0 Å².